The Labute approximate surface area is 344 Å². The van der Waals surface area contributed by atoms with Crippen molar-refractivity contribution in [2.45, 2.75) is 19.3 Å². The molecule has 0 amide bonds. The van der Waals surface area contributed by atoms with E-state index in [0.29, 0.717) is 0 Å². The monoisotopic (exact) mass is 748 g/mol. The van der Waals surface area contributed by atoms with Gasteiger partial charge in [0.1, 0.15) is 0 Å². The van der Waals surface area contributed by atoms with Gasteiger partial charge < -0.3 is 0 Å². The first-order valence-electron chi connectivity index (χ1n) is 20.8. The van der Waals surface area contributed by atoms with E-state index in [1.807, 2.05) is 0 Å². The first kappa shape index (κ1) is 33.8. The second-order valence-electron chi connectivity index (χ2n) is 16.8. The summed E-state index contributed by atoms with van der Waals surface area (Å²) in [5.41, 5.74) is 15.4. The van der Waals surface area contributed by atoms with Crippen molar-refractivity contribution >= 4 is 53.9 Å². The average Bonchev–Trinajstić information content (AvgIpc) is 3.52. The minimum atomic E-state index is -0.143. The summed E-state index contributed by atoms with van der Waals surface area (Å²) < 4.78 is 0. The van der Waals surface area contributed by atoms with E-state index in [-0.39, 0.29) is 5.41 Å². The summed E-state index contributed by atoms with van der Waals surface area (Å²) in [4.78, 5) is 0. The van der Waals surface area contributed by atoms with Crippen LogP contribution in [0.15, 0.2) is 206 Å². The summed E-state index contributed by atoms with van der Waals surface area (Å²) in [7, 11) is 0. The smallest absolute Gasteiger partial charge is 0.0165 e. The first-order chi connectivity index (χ1) is 29.0. The van der Waals surface area contributed by atoms with E-state index in [1.54, 1.807) is 0 Å². The molecule has 59 heavy (non-hydrogen) atoms. The highest BCUT2D eigenvalue weighted by molar-refractivity contribution is 6.22. The quantitative estimate of drug-likeness (QED) is 0.124. The lowest BCUT2D eigenvalue weighted by Gasteiger charge is -2.25. The van der Waals surface area contributed by atoms with Crippen LogP contribution in [0.1, 0.15) is 25.0 Å². The molecule has 0 heteroatoms. The molecule has 0 aromatic heterocycles. The molecular weight excluding hydrogens is 709 g/mol. The number of rotatable bonds is 4. The van der Waals surface area contributed by atoms with Crippen molar-refractivity contribution in [1.82, 2.24) is 0 Å². The van der Waals surface area contributed by atoms with Crippen LogP contribution in [0.5, 0.6) is 0 Å². The maximum atomic E-state index is 2.44. The third-order valence-electron chi connectivity index (χ3n) is 13.2. The van der Waals surface area contributed by atoms with Crippen LogP contribution in [0, 0.1) is 0 Å². The molecular formula is C59H40. The van der Waals surface area contributed by atoms with Crippen LogP contribution in [0.3, 0.4) is 0 Å². The second kappa shape index (κ2) is 12.9. The molecule has 1 aliphatic carbocycles. The number of benzene rings is 11. The molecule has 1 aliphatic rings. The molecule has 276 valence electrons. The van der Waals surface area contributed by atoms with Crippen molar-refractivity contribution in [2.75, 3.05) is 0 Å². The van der Waals surface area contributed by atoms with Gasteiger partial charge in [-0.05, 0) is 151 Å². The summed E-state index contributed by atoms with van der Waals surface area (Å²) in [5.74, 6) is 0. The molecule has 12 rings (SSSR count). The van der Waals surface area contributed by atoms with Crippen LogP contribution in [0.4, 0.5) is 0 Å². The largest absolute Gasteiger partial charge is 0.0616 e. The zero-order valence-electron chi connectivity index (χ0n) is 33.1. The third kappa shape index (κ3) is 5.09. The molecule has 0 unspecified atom stereocenters. The molecule has 0 heterocycles. The van der Waals surface area contributed by atoms with E-state index in [4.69, 9.17) is 0 Å². The highest BCUT2D eigenvalue weighted by Gasteiger charge is 2.38. The Morgan fingerprint density at radius 2 is 0.695 bits per heavy atom. The Balaban J connectivity index is 1.04. The average molecular weight is 749 g/mol. The van der Waals surface area contributed by atoms with Gasteiger partial charge in [-0.15, -0.1) is 0 Å². The summed E-state index contributed by atoms with van der Waals surface area (Å²) >= 11 is 0. The molecule has 0 aliphatic heterocycles. The molecule has 0 fully saturated rings. The van der Waals surface area contributed by atoms with Crippen molar-refractivity contribution in [3.63, 3.8) is 0 Å². The molecule has 11 aromatic carbocycles. The van der Waals surface area contributed by atoms with Gasteiger partial charge in [-0.25, -0.2) is 0 Å². The normalized spacial score (nSPS) is 13.1. The standard InChI is InChI=1S/C59H40/c1-59(2)55-36-38-17-4-3-16-37(38)34-54(55)52-31-15-30-45(58(52)59)39-19-13-21-42(32-39)56-48-26-9-11-28-50(48)57(51-29-12-10-27-49(51)56)43-22-14-20-40(33-43)53-35-41-18-5-6-23-44(41)46-24-7-8-25-47(46)53/h3-36H,1-2H3. The van der Waals surface area contributed by atoms with E-state index in [0.717, 1.165) is 0 Å². The van der Waals surface area contributed by atoms with Crippen LogP contribution in [0.25, 0.3) is 109 Å². The fourth-order valence-corrected chi connectivity index (χ4v) is 10.5. The molecule has 11 aromatic rings. The Hall–Kier alpha value is -7.28. The molecule has 0 N–H and O–H groups in total. The molecule has 0 saturated carbocycles. The molecule has 0 bridgehead atoms. The van der Waals surface area contributed by atoms with Crippen LogP contribution in [0.2, 0.25) is 0 Å². The number of fused-ring (bicyclic) bond motifs is 9. The zero-order chi connectivity index (χ0) is 39.2. The Morgan fingerprint density at radius 3 is 1.31 bits per heavy atom. The summed E-state index contributed by atoms with van der Waals surface area (Å²) in [5, 5.41) is 12.7. The number of hydrogen-bond acceptors (Lipinski definition) is 0. The minimum absolute atomic E-state index is 0.143. The molecule has 0 radical (unpaired) electrons. The highest BCUT2D eigenvalue weighted by Crippen LogP contribution is 2.54. The topological polar surface area (TPSA) is 0 Å². The Morgan fingerprint density at radius 1 is 0.271 bits per heavy atom. The van der Waals surface area contributed by atoms with Gasteiger partial charge in [-0.1, -0.05) is 190 Å². The highest BCUT2D eigenvalue weighted by atomic mass is 14.4. The van der Waals surface area contributed by atoms with Gasteiger partial charge in [0.2, 0.25) is 0 Å². The lowest BCUT2D eigenvalue weighted by Crippen LogP contribution is -2.16. The maximum absolute atomic E-state index is 2.44. The zero-order valence-corrected chi connectivity index (χ0v) is 33.1. The van der Waals surface area contributed by atoms with Crippen molar-refractivity contribution in [1.29, 1.82) is 0 Å². The van der Waals surface area contributed by atoms with Gasteiger partial charge in [0, 0.05) is 5.41 Å². The predicted octanol–water partition coefficient (Wildman–Crippen LogP) is 16.4. The second-order valence-corrected chi connectivity index (χ2v) is 16.8. The minimum Gasteiger partial charge on any atom is -0.0616 e. The van der Waals surface area contributed by atoms with Crippen LogP contribution < -0.4 is 0 Å². The van der Waals surface area contributed by atoms with Gasteiger partial charge in [0.15, 0.2) is 0 Å². The fraction of sp³-hybridized carbons (Fsp3) is 0.0508. The van der Waals surface area contributed by atoms with E-state index in [2.05, 4.69) is 220 Å². The summed E-state index contributed by atoms with van der Waals surface area (Å²) in [6.45, 7) is 4.80. The van der Waals surface area contributed by atoms with Crippen molar-refractivity contribution in [2.24, 2.45) is 0 Å². The molecule has 0 atom stereocenters. The number of hydrogen-bond donors (Lipinski definition) is 0. The van der Waals surface area contributed by atoms with Gasteiger partial charge in [0.05, 0.1) is 0 Å². The van der Waals surface area contributed by atoms with Gasteiger partial charge in [-0.3, -0.25) is 0 Å². The van der Waals surface area contributed by atoms with Crippen LogP contribution >= 0.6 is 0 Å². The van der Waals surface area contributed by atoms with E-state index < -0.39 is 0 Å². The van der Waals surface area contributed by atoms with Crippen molar-refractivity contribution in [3.05, 3.63) is 217 Å². The van der Waals surface area contributed by atoms with Gasteiger partial charge >= 0.3 is 0 Å². The predicted molar refractivity (Wildman–Crippen MR) is 253 cm³/mol. The van der Waals surface area contributed by atoms with E-state index >= 15 is 0 Å². The molecule has 0 nitrogen and oxygen atoms in total. The maximum Gasteiger partial charge on any atom is 0.0165 e. The summed E-state index contributed by atoms with van der Waals surface area (Å²) in [6.07, 6.45) is 0. The third-order valence-corrected chi connectivity index (χ3v) is 13.2. The Kier molecular flexibility index (Phi) is 7.38. The van der Waals surface area contributed by atoms with Crippen LogP contribution in [-0.2, 0) is 5.41 Å². The van der Waals surface area contributed by atoms with Crippen molar-refractivity contribution in [3.8, 4) is 55.6 Å². The lowest BCUT2D eigenvalue weighted by molar-refractivity contribution is 0.663. The van der Waals surface area contributed by atoms with Gasteiger partial charge in [0.25, 0.3) is 0 Å². The fourth-order valence-electron chi connectivity index (χ4n) is 10.5. The SMILES string of the molecule is CC1(C)c2cc3ccccc3cc2-c2cccc(-c3cccc(-c4c5ccccc5c(-c5cccc(-c6cc7ccccc7c7ccccc67)c5)c5ccccc45)c3)c21. The molecule has 0 saturated heterocycles. The summed E-state index contributed by atoms with van der Waals surface area (Å²) in [6, 6.07) is 77.0. The van der Waals surface area contributed by atoms with Crippen LogP contribution in [-0.4, -0.2) is 0 Å². The van der Waals surface area contributed by atoms with Crippen molar-refractivity contribution < 1.29 is 0 Å². The van der Waals surface area contributed by atoms with Gasteiger partial charge in [-0.2, -0.15) is 0 Å². The van der Waals surface area contributed by atoms with E-state index in [1.165, 1.54) is 121 Å². The molecule has 0 spiro atoms. The lowest BCUT2D eigenvalue weighted by atomic mass is 9.78. The first-order valence-corrected chi connectivity index (χ1v) is 20.8. The van der Waals surface area contributed by atoms with E-state index in [9.17, 15) is 0 Å². The Bertz CT molecular complexity index is 3470.